The van der Waals surface area contributed by atoms with Gasteiger partial charge in [0.15, 0.2) is 5.96 Å². The molecule has 25 heavy (non-hydrogen) atoms. The van der Waals surface area contributed by atoms with Crippen LogP contribution in [0.15, 0.2) is 41.4 Å². The van der Waals surface area contributed by atoms with Crippen LogP contribution < -0.4 is 10.6 Å². The first-order valence-corrected chi connectivity index (χ1v) is 8.11. The average Bonchev–Trinajstić information content (AvgIpc) is 2.60. The van der Waals surface area contributed by atoms with E-state index in [1.54, 1.807) is 25.2 Å². The summed E-state index contributed by atoms with van der Waals surface area (Å²) in [5.41, 5.74) is 3.12. The second kappa shape index (κ2) is 9.13. The number of hydrogen-bond acceptors (Lipinski definition) is 2. The van der Waals surface area contributed by atoms with Crippen molar-refractivity contribution in [2.24, 2.45) is 4.99 Å². The lowest BCUT2D eigenvalue weighted by atomic mass is 10.1. The second-order valence-corrected chi connectivity index (χ2v) is 5.76. The minimum Gasteiger partial charge on any atom is -0.392 e. The fourth-order valence-corrected chi connectivity index (χ4v) is 2.52. The highest BCUT2D eigenvalue weighted by molar-refractivity contribution is 5.79. The van der Waals surface area contributed by atoms with Crippen molar-refractivity contribution in [3.8, 4) is 0 Å². The molecule has 0 fully saturated rings. The van der Waals surface area contributed by atoms with E-state index in [1.807, 2.05) is 6.92 Å². The van der Waals surface area contributed by atoms with E-state index >= 15 is 0 Å². The van der Waals surface area contributed by atoms with Gasteiger partial charge in [0.25, 0.3) is 0 Å². The maximum atomic E-state index is 13.4. The maximum Gasteiger partial charge on any atom is 0.191 e. The molecule has 0 aromatic heterocycles. The minimum absolute atomic E-state index is 0.228. The molecule has 0 heterocycles. The van der Waals surface area contributed by atoms with Gasteiger partial charge in [-0.1, -0.05) is 12.1 Å². The second-order valence-electron chi connectivity index (χ2n) is 5.76. The monoisotopic (exact) mass is 347 g/mol. The van der Waals surface area contributed by atoms with Crippen LogP contribution >= 0.6 is 0 Å². The molecule has 0 radical (unpaired) electrons. The normalized spacial score (nSPS) is 11.5. The van der Waals surface area contributed by atoms with Gasteiger partial charge in [-0.05, 0) is 54.3 Å². The highest BCUT2D eigenvalue weighted by atomic mass is 19.1. The Morgan fingerprint density at radius 1 is 1.08 bits per heavy atom. The van der Waals surface area contributed by atoms with Crippen molar-refractivity contribution >= 4 is 5.96 Å². The minimum atomic E-state index is -0.413. The average molecular weight is 347 g/mol. The van der Waals surface area contributed by atoms with Crippen LogP contribution in [0.3, 0.4) is 0 Å². The van der Waals surface area contributed by atoms with Crippen molar-refractivity contribution in [3.05, 3.63) is 70.3 Å². The van der Waals surface area contributed by atoms with Gasteiger partial charge >= 0.3 is 0 Å². The maximum absolute atomic E-state index is 13.4. The Bertz CT molecular complexity index is 747. The van der Waals surface area contributed by atoms with Crippen LogP contribution in [0.2, 0.25) is 0 Å². The molecule has 2 aromatic rings. The lowest BCUT2D eigenvalue weighted by Crippen LogP contribution is -2.37. The summed E-state index contributed by atoms with van der Waals surface area (Å²) >= 11 is 0. The molecule has 0 aliphatic rings. The third kappa shape index (κ3) is 5.53. The lowest BCUT2D eigenvalue weighted by Gasteiger charge is -2.13. The Balaban J connectivity index is 1.84. The molecule has 4 nitrogen and oxygen atoms in total. The molecule has 0 saturated heterocycles. The zero-order chi connectivity index (χ0) is 18.2. The number of nitrogens with one attached hydrogen (secondary N) is 2. The van der Waals surface area contributed by atoms with E-state index in [-0.39, 0.29) is 18.0 Å². The zero-order valence-corrected chi connectivity index (χ0v) is 14.4. The summed E-state index contributed by atoms with van der Waals surface area (Å²) in [7, 11) is 1.67. The summed E-state index contributed by atoms with van der Waals surface area (Å²) in [4.78, 5) is 4.14. The summed E-state index contributed by atoms with van der Waals surface area (Å²) in [5.74, 6) is -0.0219. The van der Waals surface area contributed by atoms with Gasteiger partial charge in [-0.25, -0.2) is 8.78 Å². The molecular formula is C19H23F2N3O. The van der Waals surface area contributed by atoms with Gasteiger partial charge in [-0.2, -0.15) is 0 Å². The van der Waals surface area contributed by atoms with Gasteiger partial charge in [0.05, 0.1) is 6.61 Å². The van der Waals surface area contributed by atoms with Gasteiger partial charge in [0.1, 0.15) is 11.6 Å². The quantitative estimate of drug-likeness (QED) is 0.556. The van der Waals surface area contributed by atoms with Crippen molar-refractivity contribution < 1.29 is 13.9 Å². The molecular weight excluding hydrogens is 324 g/mol. The summed E-state index contributed by atoms with van der Waals surface area (Å²) in [6.07, 6.45) is 0.748. The van der Waals surface area contributed by atoms with Crippen molar-refractivity contribution in [1.29, 1.82) is 0 Å². The fourth-order valence-electron chi connectivity index (χ4n) is 2.52. The van der Waals surface area contributed by atoms with E-state index in [0.29, 0.717) is 19.0 Å². The molecule has 0 amide bonds. The number of benzene rings is 2. The first-order valence-electron chi connectivity index (χ1n) is 8.11. The van der Waals surface area contributed by atoms with E-state index in [1.165, 1.54) is 18.2 Å². The number of rotatable bonds is 6. The number of aliphatic imine (C=N–C) groups is 1. The third-order valence-electron chi connectivity index (χ3n) is 3.96. The third-order valence-corrected chi connectivity index (χ3v) is 3.96. The van der Waals surface area contributed by atoms with E-state index in [9.17, 15) is 8.78 Å². The van der Waals surface area contributed by atoms with E-state index in [4.69, 9.17) is 5.11 Å². The summed E-state index contributed by atoms with van der Waals surface area (Å²) in [6.45, 7) is 2.67. The van der Waals surface area contributed by atoms with Gasteiger partial charge in [-0.3, -0.25) is 4.99 Å². The van der Waals surface area contributed by atoms with Crippen LogP contribution in [0, 0.1) is 18.6 Å². The summed E-state index contributed by atoms with van der Waals surface area (Å²) < 4.78 is 26.5. The Kier molecular flexibility index (Phi) is 6.89. The standard InChI is InChI=1S/C19H23F2N3O/c1-13-9-17(20)5-4-15(13)7-8-23-19(22-2)24-11-14-3-6-18(21)16(10-14)12-25/h3-6,9-10,25H,7-8,11-12H2,1-2H3,(H2,22,23,24). The predicted octanol–water partition coefficient (Wildman–Crippen LogP) is 2.67. The van der Waals surface area contributed by atoms with Gasteiger partial charge in [-0.15, -0.1) is 0 Å². The molecule has 0 saturated carbocycles. The largest absolute Gasteiger partial charge is 0.392 e. The Labute approximate surface area is 146 Å². The number of nitrogens with zero attached hydrogens (tertiary/aromatic N) is 1. The lowest BCUT2D eigenvalue weighted by molar-refractivity contribution is 0.275. The predicted molar refractivity (Wildman–Crippen MR) is 95.4 cm³/mol. The van der Waals surface area contributed by atoms with Crippen molar-refractivity contribution in [3.63, 3.8) is 0 Å². The fraction of sp³-hybridized carbons (Fsp3) is 0.316. The molecule has 134 valence electrons. The highest BCUT2D eigenvalue weighted by Gasteiger charge is 2.04. The molecule has 0 spiro atoms. The number of aryl methyl sites for hydroxylation is 1. The smallest absolute Gasteiger partial charge is 0.191 e. The molecule has 0 unspecified atom stereocenters. The molecule has 6 heteroatoms. The summed E-state index contributed by atoms with van der Waals surface area (Å²) in [6, 6.07) is 9.40. The number of aliphatic hydroxyl groups excluding tert-OH is 1. The van der Waals surface area contributed by atoms with Crippen LogP contribution in [0.5, 0.6) is 0 Å². The van der Waals surface area contributed by atoms with Crippen molar-refractivity contribution in [2.45, 2.75) is 26.5 Å². The van der Waals surface area contributed by atoms with Gasteiger partial charge in [0.2, 0.25) is 0 Å². The van der Waals surface area contributed by atoms with Gasteiger partial charge < -0.3 is 15.7 Å². The van der Waals surface area contributed by atoms with Crippen LogP contribution in [0.25, 0.3) is 0 Å². The molecule has 0 bridgehead atoms. The van der Waals surface area contributed by atoms with E-state index in [2.05, 4.69) is 15.6 Å². The Hall–Kier alpha value is -2.47. The molecule has 0 atom stereocenters. The van der Waals surface area contributed by atoms with Crippen molar-refractivity contribution in [2.75, 3.05) is 13.6 Å². The first kappa shape index (κ1) is 18.9. The highest BCUT2D eigenvalue weighted by Crippen LogP contribution is 2.11. The zero-order valence-electron chi connectivity index (χ0n) is 14.4. The van der Waals surface area contributed by atoms with Gasteiger partial charge in [0, 0.05) is 25.7 Å². The number of halogens is 2. The van der Waals surface area contributed by atoms with Crippen LogP contribution in [-0.2, 0) is 19.6 Å². The topological polar surface area (TPSA) is 56.7 Å². The van der Waals surface area contributed by atoms with Crippen LogP contribution in [0.4, 0.5) is 8.78 Å². The molecule has 0 aliphatic heterocycles. The van der Waals surface area contributed by atoms with Crippen molar-refractivity contribution in [1.82, 2.24) is 10.6 Å². The summed E-state index contributed by atoms with van der Waals surface area (Å²) in [5, 5.41) is 15.4. The molecule has 2 aromatic carbocycles. The molecule has 2 rings (SSSR count). The van der Waals surface area contributed by atoms with Crippen LogP contribution in [-0.4, -0.2) is 24.7 Å². The Morgan fingerprint density at radius 2 is 1.88 bits per heavy atom. The number of hydrogen-bond donors (Lipinski definition) is 3. The Morgan fingerprint density at radius 3 is 2.56 bits per heavy atom. The first-order chi connectivity index (χ1) is 12.0. The van der Waals surface area contributed by atoms with E-state index in [0.717, 1.165) is 23.1 Å². The van der Waals surface area contributed by atoms with Crippen LogP contribution in [0.1, 0.15) is 22.3 Å². The van der Waals surface area contributed by atoms with E-state index < -0.39 is 5.82 Å². The number of guanidine groups is 1. The molecule has 0 aliphatic carbocycles. The SMILES string of the molecule is CN=C(NCCc1ccc(F)cc1C)NCc1ccc(F)c(CO)c1. The molecule has 3 N–H and O–H groups in total. The number of aliphatic hydroxyl groups is 1.